The molecule has 0 saturated carbocycles. The standard InChI is InChI=1S/C17H18N2S/c1-11(2)13-6-4-5-7-15(13)19-16-9-8-12(3)10-14(16)18-17(19)20/h4-11H,1-3H3,(H,18,20). The number of rotatable bonds is 2. The van der Waals surface area contributed by atoms with E-state index in [1.165, 1.54) is 16.8 Å². The van der Waals surface area contributed by atoms with Gasteiger partial charge >= 0.3 is 0 Å². The first-order chi connectivity index (χ1) is 9.58. The normalized spacial score (nSPS) is 11.4. The lowest BCUT2D eigenvalue weighted by Gasteiger charge is -2.14. The third kappa shape index (κ3) is 2.08. The number of para-hydroxylation sites is 1. The Labute approximate surface area is 124 Å². The van der Waals surface area contributed by atoms with Crippen molar-refractivity contribution >= 4 is 23.3 Å². The van der Waals surface area contributed by atoms with Crippen LogP contribution in [0.1, 0.15) is 30.9 Å². The fourth-order valence-electron chi connectivity index (χ4n) is 2.64. The van der Waals surface area contributed by atoms with Crippen LogP contribution in [-0.2, 0) is 0 Å². The highest BCUT2D eigenvalue weighted by Gasteiger charge is 2.12. The van der Waals surface area contributed by atoms with Gasteiger partial charge in [-0.25, -0.2) is 0 Å². The molecule has 1 heterocycles. The minimum absolute atomic E-state index is 0.462. The van der Waals surface area contributed by atoms with Crippen LogP contribution in [0, 0.1) is 11.7 Å². The Bertz CT molecular complexity index is 824. The summed E-state index contributed by atoms with van der Waals surface area (Å²) in [5.74, 6) is 0.462. The summed E-state index contributed by atoms with van der Waals surface area (Å²) in [4.78, 5) is 3.31. The molecule has 3 rings (SSSR count). The van der Waals surface area contributed by atoms with Gasteiger partial charge < -0.3 is 4.98 Å². The van der Waals surface area contributed by atoms with Crippen LogP contribution in [0.3, 0.4) is 0 Å². The second-order valence-electron chi connectivity index (χ2n) is 5.50. The highest BCUT2D eigenvalue weighted by Crippen LogP contribution is 2.27. The minimum atomic E-state index is 0.462. The quantitative estimate of drug-likeness (QED) is 0.647. The zero-order valence-corrected chi connectivity index (χ0v) is 12.8. The van der Waals surface area contributed by atoms with E-state index in [0.29, 0.717) is 5.92 Å². The Morgan fingerprint density at radius 1 is 1.10 bits per heavy atom. The SMILES string of the molecule is Cc1ccc2c(c1)[nH]c(=S)n2-c1ccccc1C(C)C. The van der Waals surface area contributed by atoms with Gasteiger partial charge in [-0.3, -0.25) is 4.57 Å². The molecule has 1 N–H and O–H groups in total. The molecule has 0 bridgehead atoms. The van der Waals surface area contributed by atoms with Crippen LogP contribution in [-0.4, -0.2) is 9.55 Å². The van der Waals surface area contributed by atoms with Gasteiger partial charge in [-0.1, -0.05) is 38.1 Å². The average Bonchev–Trinajstić information content (AvgIpc) is 2.73. The summed E-state index contributed by atoms with van der Waals surface area (Å²) in [6.07, 6.45) is 0. The summed E-state index contributed by atoms with van der Waals surface area (Å²) in [6.45, 7) is 6.51. The fraction of sp³-hybridized carbons (Fsp3) is 0.235. The van der Waals surface area contributed by atoms with Crippen LogP contribution >= 0.6 is 12.2 Å². The van der Waals surface area contributed by atoms with Crippen molar-refractivity contribution in [2.24, 2.45) is 0 Å². The Morgan fingerprint density at radius 2 is 1.85 bits per heavy atom. The summed E-state index contributed by atoms with van der Waals surface area (Å²) in [7, 11) is 0. The number of benzene rings is 2. The molecule has 0 radical (unpaired) electrons. The summed E-state index contributed by atoms with van der Waals surface area (Å²) in [6, 6.07) is 14.9. The van der Waals surface area contributed by atoms with Crippen molar-refractivity contribution in [3.63, 3.8) is 0 Å². The first-order valence-electron chi connectivity index (χ1n) is 6.88. The lowest BCUT2D eigenvalue weighted by atomic mass is 10.0. The Balaban J connectivity index is 2.36. The second kappa shape index (κ2) is 4.91. The number of hydrogen-bond donors (Lipinski definition) is 1. The largest absolute Gasteiger partial charge is 0.330 e. The summed E-state index contributed by atoms with van der Waals surface area (Å²) < 4.78 is 2.89. The zero-order chi connectivity index (χ0) is 14.3. The van der Waals surface area contributed by atoms with Crippen LogP contribution in [0.4, 0.5) is 0 Å². The molecular formula is C17H18N2S. The Hall–Kier alpha value is -1.87. The fourth-order valence-corrected chi connectivity index (χ4v) is 2.95. The van der Waals surface area contributed by atoms with Gasteiger partial charge in [0.15, 0.2) is 4.77 Å². The molecule has 0 aliphatic carbocycles. The number of fused-ring (bicyclic) bond motifs is 1. The number of nitrogens with zero attached hydrogens (tertiary/aromatic N) is 1. The monoisotopic (exact) mass is 282 g/mol. The molecule has 0 unspecified atom stereocenters. The third-order valence-electron chi connectivity index (χ3n) is 3.64. The van der Waals surface area contributed by atoms with E-state index < -0.39 is 0 Å². The molecular weight excluding hydrogens is 264 g/mol. The van der Waals surface area contributed by atoms with Gasteiger partial charge in [-0.05, 0) is 54.4 Å². The highest BCUT2D eigenvalue weighted by atomic mass is 32.1. The van der Waals surface area contributed by atoms with Crippen molar-refractivity contribution in [3.05, 3.63) is 58.4 Å². The lowest BCUT2D eigenvalue weighted by molar-refractivity contribution is 0.848. The highest BCUT2D eigenvalue weighted by molar-refractivity contribution is 7.71. The van der Waals surface area contributed by atoms with Crippen LogP contribution < -0.4 is 0 Å². The first-order valence-corrected chi connectivity index (χ1v) is 7.29. The maximum atomic E-state index is 5.53. The van der Waals surface area contributed by atoms with Gasteiger partial charge in [0.25, 0.3) is 0 Å². The maximum Gasteiger partial charge on any atom is 0.182 e. The molecule has 102 valence electrons. The third-order valence-corrected chi connectivity index (χ3v) is 3.92. The Morgan fingerprint density at radius 3 is 2.60 bits per heavy atom. The number of aryl methyl sites for hydroxylation is 1. The van der Waals surface area contributed by atoms with Gasteiger partial charge in [0.1, 0.15) is 0 Å². The first kappa shape index (κ1) is 13.1. The molecule has 0 aliphatic rings. The molecule has 3 aromatic rings. The van der Waals surface area contributed by atoms with Crippen molar-refractivity contribution in [1.82, 2.24) is 9.55 Å². The number of H-pyrrole nitrogens is 1. The zero-order valence-electron chi connectivity index (χ0n) is 12.0. The van der Waals surface area contributed by atoms with Crippen molar-refractivity contribution < 1.29 is 0 Å². The maximum absolute atomic E-state index is 5.53. The number of aromatic amines is 1. The molecule has 0 atom stereocenters. The van der Waals surface area contributed by atoms with Crippen molar-refractivity contribution in [2.75, 3.05) is 0 Å². The van der Waals surface area contributed by atoms with Gasteiger partial charge in [-0.15, -0.1) is 0 Å². The van der Waals surface area contributed by atoms with Gasteiger partial charge in [0.2, 0.25) is 0 Å². The molecule has 0 amide bonds. The molecule has 0 aliphatic heterocycles. The van der Waals surface area contributed by atoms with Crippen molar-refractivity contribution in [3.8, 4) is 5.69 Å². The van der Waals surface area contributed by atoms with E-state index in [2.05, 4.69) is 72.8 Å². The van der Waals surface area contributed by atoms with Crippen molar-refractivity contribution in [2.45, 2.75) is 26.7 Å². The molecule has 1 aromatic heterocycles. The lowest BCUT2D eigenvalue weighted by Crippen LogP contribution is -2.01. The van der Waals surface area contributed by atoms with E-state index in [9.17, 15) is 0 Å². The van der Waals surface area contributed by atoms with Crippen LogP contribution in [0.5, 0.6) is 0 Å². The molecule has 0 spiro atoms. The predicted molar refractivity (Wildman–Crippen MR) is 87.3 cm³/mol. The summed E-state index contributed by atoms with van der Waals surface area (Å²) in [5.41, 5.74) is 5.94. The Kier molecular flexibility index (Phi) is 3.22. The van der Waals surface area contributed by atoms with E-state index in [4.69, 9.17) is 12.2 Å². The van der Waals surface area contributed by atoms with Crippen molar-refractivity contribution in [1.29, 1.82) is 0 Å². The summed E-state index contributed by atoms with van der Waals surface area (Å²) >= 11 is 5.53. The molecule has 2 nitrogen and oxygen atoms in total. The van der Waals surface area contributed by atoms with E-state index in [1.54, 1.807) is 0 Å². The van der Waals surface area contributed by atoms with Crippen LogP contribution in [0.25, 0.3) is 16.7 Å². The molecule has 0 fully saturated rings. The number of aromatic nitrogens is 2. The molecule has 2 aromatic carbocycles. The molecule has 3 heteroatoms. The number of hydrogen-bond acceptors (Lipinski definition) is 1. The van der Waals surface area contributed by atoms with Gasteiger partial charge in [0.05, 0.1) is 16.7 Å². The molecule has 0 saturated heterocycles. The predicted octanol–water partition coefficient (Wildman–Crippen LogP) is 5.12. The van der Waals surface area contributed by atoms with Crippen LogP contribution in [0.15, 0.2) is 42.5 Å². The van der Waals surface area contributed by atoms with Crippen LogP contribution in [0.2, 0.25) is 0 Å². The number of imidazole rings is 1. The minimum Gasteiger partial charge on any atom is -0.330 e. The smallest absolute Gasteiger partial charge is 0.182 e. The topological polar surface area (TPSA) is 20.7 Å². The molecule has 20 heavy (non-hydrogen) atoms. The van der Waals surface area contributed by atoms with Gasteiger partial charge in [-0.2, -0.15) is 0 Å². The van der Waals surface area contributed by atoms with Gasteiger partial charge in [0, 0.05) is 0 Å². The van der Waals surface area contributed by atoms with E-state index in [1.807, 2.05) is 0 Å². The second-order valence-corrected chi connectivity index (χ2v) is 5.89. The van der Waals surface area contributed by atoms with E-state index in [-0.39, 0.29) is 0 Å². The number of nitrogens with one attached hydrogen (secondary N) is 1. The average molecular weight is 282 g/mol. The van der Waals surface area contributed by atoms with E-state index in [0.717, 1.165) is 15.8 Å². The summed E-state index contributed by atoms with van der Waals surface area (Å²) in [5, 5.41) is 0. The van der Waals surface area contributed by atoms with E-state index >= 15 is 0 Å².